The molecule has 20 heavy (non-hydrogen) atoms. The summed E-state index contributed by atoms with van der Waals surface area (Å²) in [5.74, 6) is 6.57. The Bertz CT molecular complexity index is 550. The van der Waals surface area contributed by atoms with Gasteiger partial charge in [-0.3, -0.25) is 4.79 Å². The normalized spacial score (nSPS) is 14.2. The van der Waals surface area contributed by atoms with E-state index >= 15 is 0 Å². The molecule has 1 aliphatic rings. The quantitative estimate of drug-likeness (QED) is 0.856. The lowest BCUT2D eigenvalue weighted by molar-refractivity contribution is 0.0745. The number of amides is 1. The second-order valence-corrected chi connectivity index (χ2v) is 5.54. The molecule has 106 valence electrons. The number of carbonyl (C=O) groups is 1. The van der Waals surface area contributed by atoms with E-state index < -0.39 is 0 Å². The largest absolute Gasteiger partial charge is 0.341 e. The maximum atomic E-state index is 12.5. The third-order valence-corrected chi connectivity index (χ3v) is 3.83. The standard InChI is InChI=1S/C17H22N2O/c1-13-8-9-16(15(11-13)7-4-10-18)17(20)19(2)12-14-5-3-6-14/h8-9,11,14H,3,5-6,10,12,18H2,1-2H3. The summed E-state index contributed by atoms with van der Waals surface area (Å²) in [6.07, 6.45) is 3.78. The van der Waals surface area contributed by atoms with E-state index in [-0.39, 0.29) is 5.91 Å². The molecule has 2 rings (SSSR count). The van der Waals surface area contributed by atoms with Gasteiger partial charge in [0.15, 0.2) is 0 Å². The zero-order chi connectivity index (χ0) is 14.5. The van der Waals surface area contributed by atoms with Crippen molar-refractivity contribution >= 4 is 5.91 Å². The fraction of sp³-hybridized carbons (Fsp3) is 0.471. The maximum absolute atomic E-state index is 12.5. The van der Waals surface area contributed by atoms with Crippen molar-refractivity contribution in [3.63, 3.8) is 0 Å². The minimum absolute atomic E-state index is 0.0539. The molecule has 0 spiro atoms. The maximum Gasteiger partial charge on any atom is 0.254 e. The minimum atomic E-state index is 0.0539. The van der Waals surface area contributed by atoms with Gasteiger partial charge in [0.25, 0.3) is 5.91 Å². The van der Waals surface area contributed by atoms with Crippen LogP contribution in [-0.4, -0.2) is 30.9 Å². The highest BCUT2D eigenvalue weighted by Crippen LogP contribution is 2.27. The van der Waals surface area contributed by atoms with E-state index in [1.165, 1.54) is 19.3 Å². The van der Waals surface area contributed by atoms with E-state index in [0.717, 1.165) is 17.7 Å². The summed E-state index contributed by atoms with van der Waals surface area (Å²) in [5, 5.41) is 0. The molecule has 0 saturated heterocycles. The third-order valence-electron chi connectivity index (χ3n) is 3.83. The monoisotopic (exact) mass is 270 g/mol. The van der Waals surface area contributed by atoms with Crippen molar-refractivity contribution < 1.29 is 4.79 Å². The predicted molar refractivity (Wildman–Crippen MR) is 81.4 cm³/mol. The van der Waals surface area contributed by atoms with Crippen LogP contribution in [0.5, 0.6) is 0 Å². The summed E-state index contributed by atoms with van der Waals surface area (Å²) >= 11 is 0. The summed E-state index contributed by atoms with van der Waals surface area (Å²) < 4.78 is 0. The van der Waals surface area contributed by atoms with Crippen LogP contribution in [0.25, 0.3) is 0 Å². The highest BCUT2D eigenvalue weighted by molar-refractivity contribution is 5.96. The van der Waals surface area contributed by atoms with Crippen LogP contribution in [0.1, 0.15) is 40.7 Å². The Balaban J connectivity index is 2.19. The van der Waals surface area contributed by atoms with E-state index in [2.05, 4.69) is 11.8 Å². The first-order chi connectivity index (χ1) is 9.61. The average Bonchev–Trinajstić information content (AvgIpc) is 2.39. The molecule has 1 aromatic rings. The SMILES string of the molecule is Cc1ccc(C(=O)N(C)CC2CCC2)c(C#CCN)c1. The molecule has 3 heteroatoms. The number of hydrogen-bond donors (Lipinski definition) is 1. The van der Waals surface area contributed by atoms with Gasteiger partial charge in [-0.1, -0.05) is 24.3 Å². The van der Waals surface area contributed by atoms with Crippen molar-refractivity contribution in [3.05, 3.63) is 34.9 Å². The van der Waals surface area contributed by atoms with Gasteiger partial charge >= 0.3 is 0 Å². The zero-order valence-electron chi connectivity index (χ0n) is 12.3. The third kappa shape index (κ3) is 3.40. The number of rotatable bonds is 3. The summed E-state index contributed by atoms with van der Waals surface area (Å²) in [6.45, 7) is 3.15. The van der Waals surface area contributed by atoms with Gasteiger partial charge in [-0.25, -0.2) is 0 Å². The number of nitrogens with two attached hydrogens (primary N) is 1. The van der Waals surface area contributed by atoms with Gasteiger partial charge in [0.1, 0.15) is 0 Å². The summed E-state index contributed by atoms with van der Waals surface area (Å²) in [7, 11) is 1.88. The lowest BCUT2D eigenvalue weighted by Gasteiger charge is -2.30. The van der Waals surface area contributed by atoms with Crippen LogP contribution in [0.4, 0.5) is 0 Å². The fourth-order valence-electron chi connectivity index (χ4n) is 2.45. The first-order valence-electron chi connectivity index (χ1n) is 7.17. The minimum Gasteiger partial charge on any atom is -0.341 e. The lowest BCUT2D eigenvalue weighted by Crippen LogP contribution is -2.34. The second-order valence-electron chi connectivity index (χ2n) is 5.54. The smallest absolute Gasteiger partial charge is 0.254 e. The van der Waals surface area contributed by atoms with Gasteiger partial charge in [-0.2, -0.15) is 0 Å². The van der Waals surface area contributed by atoms with Gasteiger partial charge in [0, 0.05) is 19.2 Å². The lowest BCUT2D eigenvalue weighted by atomic mass is 9.85. The number of nitrogens with zero attached hydrogens (tertiary/aromatic N) is 1. The van der Waals surface area contributed by atoms with E-state index in [9.17, 15) is 4.79 Å². The van der Waals surface area contributed by atoms with Gasteiger partial charge < -0.3 is 10.6 Å². The Morgan fingerprint density at radius 1 is 1.45 bits per heavy atom. The molecular weight excluding hydrogens is 248 g/mol. The molecule has 1 amide bonds. The van der Waals surface area contributed by atoms with Crippen LogP contribution in [0.2, 0.25) is 0 Å². The average molecular weight is 270 g/mol. The van der Waals surface area contributed by atoms with Gasteiger partial charge in [0.2, 0.25) is 0 Å². The predicted octanol–water partition coefficient (Wildman–Crippen LogP) is 2.18. The molecule has 0 aliphatic heterocycles. The second kappa shape index (κ2) is 6.58. The van der Waals surface area contributed by atoms with Gasteiger partial charge in [-0.05, 0) is 43.4 Å². The van der Waals surface area contributed by atoms with Crippen LogP contribution in [0, 0.1) is 24.7 Å². The Kier molecular flexibility index (Phi) is 4.81. The Morgan fingerprint density at radius 2 is 2.20 bits per heavy atom. The molecule has 0 aromatic heterocycles. The Hall–Kier alpha value is -1.79. The molecule has 1 saturated carbocycles. The van der Waals surface area contributed by atoms with E-state index in [1.54, 1.807) is 0 Å². The molecule has 0 heterocycles. The number of benzene rings is 1. The van der Waals surface area contributed by atoms with Crippen molar-refractivity contribution in [1.29, 1.82) is 0 Å². The number of carbonyl (C=O) groups excluding carboxylic acids is 1. The molecular formula is C17H22N2O. The molecule has 3 nitrogen and oxygen atoms in total. The van der Waals surface area contributed by atoms with E-state index in [0.29, 0.717) is 18.0 Å². The molecule has 0 unspecified atom stereocenters. The molecule has 0 atom stereocenters. The van der Waals surface area contributed by atoms with Crippen LogP contribution in [0.3, 0.4) is 0 Å². The highest BCUT2D eigenvalue weighted by atomic mass is 16.2. The topological polar surface area (TPSA) is 46.3 Å². The first-order valence-corrected chi connectivity index (χ1v) is 7.17. The van der Waals surface area contributed by atoms with E-state index in [1.807, 2.05) is 37.1 Å². The first kappa shape index (κ1) is 14.6. The molecule has 2 N–H and O–H groups in total. The van der Waals surface area contributed by atoms with Crippen LogP contribution < -0.4 is 5.73 Å². The Morgan fingerprint density at radius 3 is 2.80 bits per heavy atom. The highest BCUT2D eigenvalue weighted by Gasteiger charge is 2.23. The van der Waals surface area contributed by atoms with Crippen LogP contribution in [-0.2, 0) is 0 Å². The van der Waals surface area contributed by atoms with Crippen molar-refractivity contribution in [2.45, 2.75) is 26.2 Å². The Labute approximate surface area is 121 Å². The summed E-state index contributed by atoms with van der Waals surface area (Å²) in [6, 6.07) is 5.78. The number of hydrogen-bond acceptors (Lipinski definition) is 2. The van der Waals surface area contributed by atoms with Crippen molar-refractivity contribution in [2.24, 2.45) is 11.7 Å². The molecule has 0 bridgehead atoms. The van der Waals surface area contributed by atoms with Crippen molar-refractivity contribution in [3.8, 4) is 11.8 Å². The van der Waals surface area contributed by atoms with Gasteiger partial charge in [0.05, 0.1) is 12.1 Å². The molecule has 1 aliphatic carbocycles. The fourth-order valence-corrected chi connectivity index (χ4v) is 2.45. The van der Waals surface area contributed by atoms with Crippen LogP contribution in [0.15, 0.2) is 18.2 Å². The van der Waals surface area contributed by atoms with E-state index in [4.69, 9.17) is 5.73 Å². The number of aryl methyl sites for hydroxylation is 1. The van der Waals surface area contributed by atoms with Gasteiger partial charge in [-0.15, -0.1) is 0 Å². The summed E-state index contributed by atoms with van der Waals surface area (Å²) in [5.41, 5.74) is 7.98. The molecule has 1 fully saturated rings. The molecule has 0 radical (unpaired) electrons. The summed E-state index contributed by atoms with van der Waals surface area (Å²) in [4.78, 5) is 14.4. The molecule has 1 aromatic carbocycles. The van der Waals surface area contributed by atoms with Crippen molar-refractivity contribution in [2.75, 3.05) is 20.1 Å². The van der Waals surface area contributed by atoms with Crippen LogP contribution >= 0.6 is 0 Å². The zero-order valence-corrected chi connectivity index (χ0v) is 12.3. The van der Waals surface area contributed by atoms with Crippen molar-refractivity contribution in [1.82, 2.24) is 4.90 Å².